The number of hydrogen-bond donors (Lipinski definition) is 3. The van der Waals surface area contributed by atoms with E-state index in [0.717, 1.165) is 37.9 Å². The molecule has 1 unspecified atom stereocenters. The third-order valence-corrected chi connectivity index (χ3v) is 5.35. The maximum atomic E-state index is 12.1. The topological polar surface area (TPSA) is 128 Å². The van der Waals surface area contributed by atoms with Crippen LogP contribution in [0.25, 0.3) is 11.1 Å². The van der Waals surface area contributed by atoms with Gasteiger partial charge in [-0.05, 0) is 36.1 Å². The van der Waals surface area contributed by atoms with Crippen LogP contribution in [0.2, 0.25) is 0 Å². The lowest BCUT2D eigenvalue weighted by Gasteiger charge is -2.30. The number of nitrogens with one attached hydrogen (secondary N) is 2. The molecule has 1 atom stereocenters. The van der Waals surface area contributed by atoms with Gasteiger partial charge in [-0.1, -0.05) is 61.7 Å². The number of benzene rings is 2. The van der Waals surface area contributed by atoms with Crippen molar-refractivity contribution in [1.82, 2.24) is 10.6 Å². The van der Waals surface area contributed by atoms with Gasteiger partial charge in [-0.3, -0.25) is 4.79 Å². The number of ether oxygens (including phenoxy) is 1. The smallest absolute Gasteiger partial charge is 0.315 e. The van der Waals surface area contributed by atoms with Gasteiger partial charge in [0.05, 0.1) is 40.3 Å². The number of nitrogens with zero attached hydrogens (tertiary/aromatic N) is 1. The maximum absolute atomic E-state index is 12.1. The van der Waals surface area contributed by atoms with E-state index in [1.54, 1.807) is 0 Å². The molecule has 0 saturated carbocycles. The molecule has 0 saturated heterocycles. The van der Waals surface area contributed by atoms with Crippen molar-refractivity contribution in [3.05, 3.63) is 54.6 Å². The first-order valence-electron chi connectivity index (χ1n) is 12.6. The number of unbranched alkanes of at least 4 members (excludes halogenated alkanes) is 4. The van der Waals surface area contributed by atoms with Crippen molar-refractivity contribution < 1.29 is 33.8 Å². The average molecular weight is 516 g/mol. The van der Waals surface area contributed by atoms with E-state index in [1.807, 2.05) is 51.5 Å². The van der Waals surface area contributed by atoms with Gasteiger partial charge in [0.15, 0.2) is 0 Å². The number of urea groups is 1. The van der Waals surface area contributed by atoms with E-state index >= 15 is 0 Å². The fraction of sp³-hybridized carbons (Fsp3) is 0.464. The highest BCUT2D eigenvalue weighted by atomic mass is 16.5. The Morgan fingerprint density at radius 1 is 0.946 bits per heavy atom. The van der Waals surface area contributed by atoms with Gasteiger partial charge in [0.1, 0.15) is 5.75 Å². The molecule has 0 heterocycles. The molecule has 2 rings (SSSR count). The molecule has 3 N–H and O–H groups in total. The number of carboxylic acid groups (broad SMARTS) is 2. The van der Waals surface area contributed by atoms with Crippen molar-refractivity contribution in [3.8, 4) is 16.9 Å². The van der Waals surface area contributed by atoms with E-state index in [1.165, 1.54) is 11.1 Å². The number of quaternary nitrogens is 1. The monoisotopic (exact) mass is 515 g/mol. The summed E-state index contributed by atoms with van der Waals surface area (Å²) < 4.78 is 6.40. The highest BCUT2D eigenvalue weighted by molar-refractivity contribution is 5.75. The second kappa shape index (κ2) is 17.8. The van der Waals surface area contributed by atoms with Crippen LogP contribution >= 0.6 is 0 Å². The summed E-state index contributed by atoms with van der Waals surface area (Å²) in [6, 6.07) is 17.7. The molecule has 0 aliphatic carbocycles. The van der Waals surface area contributed by atoms with Gasteiger partial charge < -0.3 is 34.9 Å². The largest absolute Gasteiger partial charge is 0.550 e. The van der Waals surface area contributed by atoms with Crippen molar-refractivity contribution in [1.29, 1.82) is 0 Å². The average Bonchev–Trinajstić information content (AvgIpc) is 2.83. The Kier molecular flexibility index (Phi) is 15.1. The van der Waals surface area contributed by atoms with E-state index in [0.29, 0.717) is 24.2 Å². The molecule has 9 heteroatoms. The summed E-state index contributed by atoms with van der Waals surface area (Å²) in [7, 11) is 5.86. The van der Waals surface area contributed by atoms with Crippen LogP contribution in [0.4, 0.5) is 4.79 Å². The van der Waals surface area contributed by atoms with Gasteiger partial charge in [0.2, 0.25) is 0 Å². The first-order valence-corrected chi connectivity index (χ1v) is 12.6. The molecule has 0 aromatic heterocycles. The Morgan fingerprint density at radius 2 is 1.51 bits per heavy atom. The first-order chi connectivity index (χ1) is 17.6. The number of carbonyl (C=O) groups is 3. The van der Waals surface area contributed by atoms with Crippen molar-refractivity contribution in [3.63, 3.8) is 0 Å². The fourth-order valence-corrected chi connectivity index (χ4v) is 3.78. The number of aliphatic carboxylic acids is 1. The predicted octanol–water partition coefficient (Wildman–Crippen LogP) is 2.90. The summed E-state index contributed by atoms with van der Waals surface area (Å²) >= 11 is 0. The molecule has 0 aliphatic heterocycles. The van der Waals surface area contributed by atoms with Crippen LogP contribution in [0, 0.1) is 0 Å². The van der Waals surface area contributed by atoms with Gasteiger partial charge in [0, 0.05) is 18.9 Å². The lowest BCUT2D eigenvalue weighted by atomic mass is 10.1. The summed E-state index contributed by atoms with van der Waals surface area (Å²) in [6.07, 6.45) is 4.86. The molecule has 0 fully saturated rings. The molecular weight excluding hydrogens is 474 g/mol. The molecule has 2 aromatic carbocycles. The van der Waals surface area contributed by atoms with Crippen LogP contribution in [0.5, 0.6) is 5.75 Å². The molecular formula is C28H41N3O6. The van der Waals surface area contributed by atoms with Crippen molar-refractivity contribution in [2.75, 3.05) is 40.8 Å². The Bertz CT molecular complexity index is 914. The molecule has 37 heavy (non-hydrogen) atoms. The van der Waals surface area contributed by atoms with E-state index in [-0.39, 0.29) is 18.9 Å². The van der Waals surface area contributed by atoms with E-state index < -0.39 is 12.0 Å². The highest BCUT2D eigenvalue weighted by Crippen LogP contribution is 2.22. The third kappa shape index (κ3) is 15.9. The van der Waals surface area contributed by atoms with Crippen LogP contribution in [-0.4, -0.2) is 74.9 Å². The van der Waals surface area contributed by atoms with E-state index in [9.17, 15) is 14.7 Å². The molecule has 0 spiro atoms. The highest BCUT2D eigenvalue weighted by Gasteiger charge is 2.20. The minimum atomic E-state index is -1.16. The number of rotatable bonds is 15. The Hall–Kier alpha value is -3.59. The summed E-state index contributed by atoms with van der Waals surface area (Å²) in [6.45, 7) is 1.52. The van der Waals surface area contributed by atoms with Crippen LogP contribution in [0.15, 0.2) is 54.6 Å². The molecule has 0 aliphatic rings. The van der Waals surface area contributed by atoms with E-state index in [4.69, 9.17) is 14.6 Å². The molecule has 2 aromatic rings. The van der Waals surface area contributed by atoms with Crippen molar-refractivity contribution >= 4 is 18.5 Å². The zero-order valence-electron chi connectivity index (χ0n) is 22.2. The van der Waals surface area contributed by atoms with Crippen LogP contribution < -0.4 is 20.5 Å². The number of amides is 2. The molecule has 9 nitrogen and oxygen atoms in total. The number of carbonyl (C=O) groups excluding carboxylic acids is 2. The lowest BCUT2D eigenvalue weighted by molar-refractivity contribution is -0.871. The second-order valence-electron chi connectivity index (χ2n) is 9.76. The number of hydrogen-bond acceptors (Lipinski definition) is 5. The minimum Gasteiger partial charge on any atom is -0.550 e. The molecule has 0 bridgehead atoms. The molecule has 2 amide bonds. The fourth-order valence-electron chi connectivity index (χ4n) is 3.78. The van der Waals surface area contributed by atoms with Crippen LogP contribution in [0.1, 0.15) is 38.5 Å². The maximum Gasteiger partial charge on any atom is 0.315 e. The van der Waals surface area contributed by atoms with Crippen molar-refractivity contribution in [2.45, 2.75) is 44.6 Å². The second-order valence-corrected chi connectivity index (χ2v) is 9.76. The summed E-state index contributed by atoms with van der Waals surface area (Å²) in [5.74, 6) is -0.274. The van der Waals surface area contributed by atoms with Crippen LogP contribution in [-0.2, 0) is 9.59 Å². The lowest BCUT2D eigenvalue weighted by Crippen LogP contribution is -2.53. The zero-order valence-corrected chi connectivity index (χ0v) is 22.2. The summed E-state index contributed by atoms with van der Waals surface area (Å²) in [5, 5.41) is 23.4. The summed E-state index contributed by atoms with van der Waals surface area (Å²) in [5.41, 5.74) is 2.38. The first kappa shape index (κ1) is 31.4. The van der Waals surface area contributed by atoms with Gasteiger partial charge in [-0.25, -0.2) is 4.79 Å². The summed E-state index contributed by atoms with van der Waals surface area (Å²) in [4.78, 5) is 31.4. The Balaban J connectivity index is 0.00000217. The van der Waals surface area contributed by atoms with Crippen molar-refractivity contribution in [2.24, 2.45) is 0 Å². The number of carboxylic acids is 1. The minimum absolute atomic E-state index is 0.192. The SMILES string of the molecule is C[N+](C)(C)CC(CC(=O)[O-])NC(=O)NCCCCCCCOc1ccc(-c2ccccc2)cc1.O=CO. The Labute approximate surface area is 220 Å². The van der Waals surface area contributed by atoms with Gasteiger partial charge >= 0.3 is 6.03 Å². The van der Waals surface area contributed by atoms with Gasteiger partial charge in [0.25, 0.3) is 6.47 Å². The van der Waals surface area contributed by atoms with Crippen LogP contribution in [0.3, 0.4) is 0 Å². The third-order valence-electron chi connectivity index (χ3n) is 5.35. The molecule has 0 radical (unpaired) electrons. The normalized spacial score (nSPS) is 11.4. The van der Waals surface area contributed by atoms with Gasteiger partial charge in [-0.15, -0.1) is 0 Å². The predicted molar refractivity (Wildman–Crippen MR) is 142 cm³/mol. The Morgan fingerprint density at radius 3 is 2.11 bits per heavy atom. The molecule has 204 valence electrons. The van der Waals surface area contributed by atoms with E-state index in [2.05, 4.69) is 34.9 Å². The van der Waals surface area contributed by atoms with Gasteiger partial charge in [-0.2, -0.15) is 0 Å². The number of likely N-dealkylation sites (N-methyl/N-ethyl adjacent to an activating group) is 1. The standard InChI is InChI=1S/C27H39N3O4.CH2O2/c1-30(2,3)21-24(20-26(31)32)29-27(33)28-18-10-5-4-6-11-19-34-25-16-14-23(15-17-25)22-12-8-7-9-13-22;2-1-3/h7-9,12-17,24H,4-6,10-11,18-21H2,1-3H3,(H2-,28,29,31,32,33);1H,(H,2,3). The zero-order chi connectivity index (χ0) is 27.5. The quantitative estimate of drug-likeness (QED) is 0.190.